The van der Waals surface area contributed by atoms with Gasteiger partial charge in [-0.15, -0.1) is 0 Å². The van der Waals surface area contributed by atoms with Gasteiger partial charge in [-0.05, 0) is 18.9 Å². The van der Waals surface area contributed by atoms with Gasteiger partial charge in [0.1, 0.15) is 0 Å². The number of amides is 1. The molecule has 1 N–H and O–H groups in total. The highest BCUT2D eigenvalue weighted by molar-refractivity contribution is 9.09. The number of benzene rings is 1. The Labute approximate surface area is 138 Å². The van der Waals surface area contributed by atoms with Crippen molar-refractivity contribution in [2.45, 2.75) is 25.8 Å². The number of aliphatic carboxylic acids is 1. The topological polar surface area (TPSA) is 57.6 Å². The van der Waals surface area contributed by atoms with Crippen LogP contribution in [-0.2, 0) is 9.59 Å². The first kappa shape index (κ1) is 16.7. The van der Waals surface area contributed by atoms with E-state index in [-0.39, 0.29) is 24.9 Å². The van der Waals surface area contributed by atoms with Gasteiger partial charge >= 0.3 is 5.97 Å². The molecule has 1 amide bonds. The summed E-state index contributed by atoms with van der Waals surface area (Å²) in [5.74, 6) is -1.04. The molecule has 1 aliphatic heterocycles. The number of allylic oxidation sites excluding steroid dienone is 1. The van der Waals surface area contributed by atoms with Crippen molar-refractivity contribution < 1.29 is 14.7 Å². The largest absolute Gasteiger partial charge is 0.481 e. The number of carbonyl (C=O) groups is 2. The van der Waals surface area contributed by atoms with Crippen LogP contribution < -0.4 is 0 Å². The summed E-state index contributed by atoms with van der Waals surface area (Å²) < 4.78 is 0. The Morgan fingerprint density at radius 2 is 2.09 bits per heavy atom. The molecule has 1 heterocycles. The summed E-state index contributed by atoms with van der Waals surface area (Å²) in [5, 5.41) is 10.2. The second kappa shape index (κ2) is 6.65. The van der Waals surface area contributed by atoms with Gasteiger partial charge in [0.2, 0.25) is 5.91 Å². The van der Waals surface area contributed by atoms with Crippen LogP contribution in [0.4, 0.5) is 0 Å². The van der Waals surface area contributed by atoms with Gasteiger partial charge in [-0.1, -0.05) is 58.4 Å². The molecule has 0 aromatic heterocycles. The zero-order chi connectivity index (χ0) is 16.3. The molecule has 2 rings (SSSR count). The van der Waals surface area contributed by atoms with E-state index in [4.69, 9.17) is 0 Å². The van der Waals surface area contributed by atoms with Crippen molar-refractivity contribution in [1.82, 2.24) is 4.90 Å². The van der Waals surface area contributed by atoms with E-state index in [0.29, 0.717) is 11.8 Å². The number of carbonyl (C=O) groups excluding carboxylic acids is 1. The van der Waals surface area contributed by atoms with Crippen molar-refractivity contribution in [1.29, 1.82) is 0 Å². The molecular weight excluding hydrogens is 346 g/mol. The highest BCUT2D eigenvalue weighted by Gasteiger charge is 2.50. The Bertz CT molecular complexity index is 587. The molecular formula is C17H20BrNO3. The molecule has 1 saturated heterocycles. The monoisotopic (exact) mass is 365 g/mol. The summed E-state index contributed by atoms with van der Waals surface area (Å²) in [6.07, 6.45) is 0.350. The van der Waals surface area contributed by atoms with Gasteiger partial charge < -0.3 is 10.0 Å². The van der Waals surface area contributed by atoms with E-state index in [9.17, 15) is 14.7 Å². The molecule has 22 heavy (non-hydrogen) atoms. The highest BCUT2D eigenvalue weighted by Crippen LogP contribution is 2.41. The molecule has 0 radical (unpaired) electrons. The molecule has 1 fully saturated rings. The normalized spacial score (nSPS) is 22.6. The third kappa shape index (κ3) is 3.24. The van der Waals surface area contributed by atoms with Crippen LogP contribution >= 0.6 is 15.9 Å². The summed E-state index contributed by atoms with van der Waals surface area (Å²) >= 11 is 3.30. The molecule has 1 aromatic rings. The Hall–Kier alpha value is -1.62. The third-order valence-electron chi connectivity index (χ3n) is 4.26. The number of nitrogens with zero attached hydrogens (tertiary/aromatic N) is 1. The average Bonchev–Trinajstić information content (AvgIpc) is 2.85. The van der Waals surface area contributed by atoms with E-state index >= 15 is 0 Å². The van der Waals surface area contributed by atoms with Crippen LogP contribution in [0.25, 0.3) is 0 Å². The van der Waals surface area contributed by atoms with Crippen molar-refractivity contribution >= 4 is 27.8 Å². The van der Waals surface area contributed by atoms with Crippen molar-refractivity contribution in [2.75, 3.05) is 11.9 Å². The fourth-order valence-corrected chi connectivity index (χ4v) is 3.19. The van der Waals surface area contributed by atoms with Crippen LogP contribution in [0.15, 0.2) is 42.5 Å². The summed E-state index contributed by atoms with van der Waals surface area (Å²) in [5.41, 5.74) is 0.742. The number of alkyl halides is 1. The minimum absolute atomic E-state index is 0.0333. The van der Waals surface area contributed by atoms with Crippen LogP contribution in [0.5, 0.6) is 0 Å². The summed E-state index contributed by atoms with van der Waals surface area (Å²) in [7, 11) is 0. The zero-order valence-corrected chi connectivity index (χ0v) is 14.2. The molecule has 1 aromatic carbocycles. The van der Waals surface area contributed by atoms with Gasteiger partial charge in [-0.2, -0.15) is 0 Å². The first-order chi connectivity index (χ1) is 10.4. The Morgan fingerprint density at radius 3 is 2.64 bits per heavy atom. The lowest BCUT2D eigenvalue weighted by Gasteiger charge is -2.28. The zero-order valence-electron chi connectivity index (χ0n) is 12.6. The molecule has 4 nitrogen and oxygen atoms in total. The first-order valence-electron chi connectivity index (χ1n) is 7.20. The van der Waals surface area contributed by atoms with Gasteiger partial charge in [0, 0.05) is 18.3 Å². The maximum atomic E-state index is 12.4. The lowest BCUT2D eigenvalue weighted by molar-refractivity contribution is -0.148. The molecule has 2 atom stereocenters. The number of hydrogen-bond donors (Lipinski definition) is 1. The van der Waals surface area contributed by atoms with Crippen molar-refractivity contribution in [2.24, 2.45) is 5.41 Å². The maximum absolute atomic E-state index is 12.4. The maximum Gasteiger partial charge on any atom is 0.312 e. The fraction of sp³-hybridized carbons (Fsp3) is 0.412. The minimum Gasteiger partial charge on any atom is -0.481 e. The number of carboxylic acid groups (broad SMARTS) is 1. The average molecular weight is 366 g/mol. The minimum atomic E-state index is -1.06. The standard InChI is InChI=1S/C17H20BrNO3/c1-12(10-18)8-17(16(21)22)9-15(20)19(11-17)13(2)14-6-4-3-5-7-14/h3-7,13H,1,8-11H2,2H3,(H,21,22)/t13-,17+/m1/s1. The van der Waals surface area contributed by atoms with Gasteiger partial charge in [-0.3, -0.25) is 9.59 Å². The molecule has 0 spiro atoms. The van der Waals surface area contributed by atoms with Crippen LogP contribution in [0, 0.1) is 5.41 Å². The summed E-state index contributed by atoms with van der Waals surface area (Å²) in [6, 6.07) is 9.54. The predicted octanol–water partition coefficient (Wildman–Crippen LogP) is 3.39. The Kier molecular flexibility index (Phi) is 5.06. The van der Waals surface area contributed by atoms with Crippen molar-refractivity contribution in [3.63, 3.8) is 0 Å². The lowest BCUT2D eigenvalue weighted by atomic mass is 9.81. The van der Waals surface area contributed by atoms with E-state index in [1.807, 2.05) is 37.3 Å². The van der Waals surface area contributed by atoms with E-state index in [1.54, 1.807) is 4.90 Å². The van der Waals surface area contributed by atoms with Gasteiger partial charge in [0.25, 0.3) is 0 Å². The number of carboxylic acids is 1. The van der Waals surface area contributed by atoms with Crippen LogP contribution in [0.3, 0.4) is 0 Å². The smallest absolute Gasteiger partial charge is 0.312 e. The number of likely N-dealkylation sites (tertiary alicyclic amines) is 1. The Morgan fingerprint density at radius 1 is 1.45 bits per heavy atom. The highest BCUT2D eigenvalue weighted by atomic mass is 79.9. The van der Waals surface area contributed by atoms with E-state index in [0.717, 1.165) is 11.1 Å². The number of rotatable bonds is 6. The Balaban J connectivity index is 2.24. The molecule has 5 heteroatoms. The summed E-state index contributed by atoms with van der Waals surface area (Å²) in [4.78, 5) is 25.9. The first-order valence-corrected chi connectivity index (χ1v) is 8.32. The number of halogens is 1. The second-order valence-corrected chi connectivity index (χ2v) is 6.49. The SMILES string of the molecule is C=C(CBr)C[C@]1(C(=O)O)CC(=O)N([C@H](C)c2ccccc2)C1. The van der Waals surface area contributed by atoms with Gasteiger partial charge in [-0.25, -0.2) is 0 Å². The molecule has 0 unspecified atom stereocenters. The van der Waals surface area contributed by atoms with Crippen molar-refractivity contribution in [3.05, 3.63) is 48.0 Å². The van der Waals surface area contributed by atoms with E-state index in [2.05, 4.69) is 22.5 Å². The van der Waals surface area contributed by atoms with Gasteiger partial charge in [0.05, 0.1) is 11.5 Å². The second-order valence-electron chi connectivity index (χ2n) is 5.93. The molecule has 0 aliphatic carbocycles. The predicted molar refractivity (Wildman–Crippen MR) is 88.8 cm³/mol. The lowest BCUT2D eigenvalue weighted by Crippen LogP contribution is -2.36. The van der Waals surface area contributed by atoms with Crippen LogP contribution in [0.2, 0.25) is 0 Å². The molecule has 118 valence electrons. The van der Waals surface area contributed by atoms with Crippen LogP contribution in [0.1, 0.15) is 31.4 Å². The van der Waals surface area contributed by atoms with Crippen molar-refractivity contribution in [3.8, 4) is 0 Å². The summed E-state index contributed by atoms with van der Waals surface area (Å²) in [6.45, 7) is 6.04. The molecule has 0 saturated carbocycles. The third-order valence-corrected chi connectivity index (χ3v) is 5.06. The quantitative estimate of drug-likeness (QED) is 0.620. The van der Waals surface area contributed by atoms with Gasteiger partial charge in [0.15, 0.2) is 0 Å². The van der Waals surface area contributed by atoms with Crippen LogP contribution in [-0.4, -0.2) is 33.8 Å². The van der Waals surface area contributed by atoms with E-state index < -0.39 is 11.4 Å². The van der Waals surface area contributed by atoms with E-state index in [1.165, 1.54) is 0 Å². The number of hydrogen-bond acceptors (Lipinski definition) is 2. The fourth-order valence-electron chi connectivity index (χ4n) is 2.99. The molecule has 1 aliphatic rings. The molecule has 0 bridgehead atoms.